The van der Waals surface area contributed by atoms with Gasteiger partial charge < -0.3 is 24.3 Å². The molecule has 26 heavy (non-hydrogen) atoms. The van der Waals surface area contributed by atoms with Crippen LogP contribution in [0, 0.1) is 0 Å². The molecule has 0 unspecified atom stereocenters. The standard InChI is InChI=1S/C19H16N2O5/c1-20-19(22)13-7-11(10-2-4-14-16(6-10)25-8-23-14)17-12(21-13)3-5-15-18(17)26-9-24-15/h2,4,6-7H,3,5,8-9H2,1H3,(H,20,22). The molecule has 1 amide bonds. The Kier molecular flexibility index (Phi) is 3.28. The Labute approximate surface area is 149 Å². The van der Waals surface area contributed by atoms with E-state index in [0.717, 1.165) is 33.9 Å². The number of aromatic nitrogens is 1. The Bertz CT molecular complexity index is 967. The normalized spacial score (nSPS) is 16.5. The van der Waals surface area contributed by atoms with Gasteiger partial charge in [0.2, 0.25) is 13.6 Å². The fourth-order valence-electron chi connectivity index (χ4n) is 3.50. The van der Waals surface area contributed by atoms with Crippen LogP contribution >= 0.6 is 0 Å². The summed E-state index contributed by atoms with van der Waals surface area (Å²) in [7, 11) is 1.60. The van der Waals surface area contributed by atoms with Crippen molar-refractivity contribution in [1.29, 1.82) is 0 Å². The second-order valence-electron chi connectivity index (χ2n) is 6.18. The van der Waals surface area contributed by atoms with Crippen molar-refractivity contribution in [3.05, 3.63) is 47.0 Å². The topological polar surface area (TPSA) is 78.9 Å². The molecule has 0 atom stereocenters. The van der Waals surface area contributed by atoms with Crippen LogP contribution in [-0.2, 0) is 15.9 Å². The van der Waals surface area contributed by atoms with Crippen molar-refractivity contribution < 1.29 is 23.7 Å². The molecule has 2 aliphatic heterocycles. The third-order valence-electron chi connectivity index (χ3n) is 4.74. The third-order valence-corrected chi connectivity index (χ3v) is 4.74. The summed E-state index contributed by atoms with van der Waals surface area (Å²) in [4.78, 5) is 16.8. The van der Waals surface area contributed by atoms with Crippen LogP contribution in [0.25, 0.3) is 16.9 Å². The molecule has 0 saturated carbocycles. The number of aryl methyl sites for hydroxylation is 1. The van der Waals surface area contributed by atoms with E-state index in [2.05, 4.69) is 10.3 Å². The van der Waals surface area contributed by atoms with E-state index in [1.54, 1.807) is 13.1 Å². The van der Waals surface area contributed by atoms with E-state index in [-0.39, 0.29) is 19.5 Å². The Hall–Kier alpha value is -3.22. The molecule has 3 aliphatic rings. The number of amides is 1. The first-order chi connectivity index (χ1) is 12.7. The van der Waals surface area contributed by atoms with Crippen LogP contribution in [0.2, 0.25) is 0 Å². The van der Waals surface area contributed by atoms with E-state index in [9.17, 15) is 4.79 Å². The largest absolute Gasteiger partial charge is 0.458 e. The predicted octanol–water partition coefficient (Wildman–Crippen LogP) is 2.46. The van der Waals surface area contributed by atoms with E-state index in [1.807, 2.05) is 18.2 Å². The maximum atomic E-state index is 12.2. The summed E-state index contributed by atoms with van der Waals surface area (Å²) in [5.41, 5.74) is 3.87. The number of carbonyl (C=O) groups excluding carboxylic acids is 1. The van der Waals surface area contributed by atoms with E-state index < -0.39 is 0 Å². The Morgan fingerprint density at radius 3 is 2.77 bits per heavy atom. The summed E-state index contributed by atoms with van der Waals surface area (Å²) < 4.78 is 22.2. The molecule has 7 heteroatoms. The average molecular weight is 352 g/mol. The van der Waals surface area contributed by atoms with E-state index in [1.165, 1.54) is 0 Å². The van der Waals surface area contributed by atoms with Crippen molar-refractivity contribution in [2.24, 2.45) is 0 Å². The SMILES string of the molecule is CNC(=O)c1cc(-c2ccc3c(c2)OCO3)c2c(n1)CCC1=C2OCO1. The van der Waals surface area contributed by atoms with Gasteiger partial charge >= 0.3 is 0 Å². The number of rotatable bonds is 2. The molecule has 0 fully saturated rings. The van der Waals surface area contributed by atoms with Crippen molar-refractivity contribution >= 4 is 11.7 Å². The molecule has 2 aromatic rings. The minimum Gasteiger partial charge on any atom is -0.458 e. The van der Waals surface area contributed by atoms with E-state index in [4.69, 9.17) is 18.9 Å². The number of pyridine rings is 1. The van der Waals surface area contributed by atoms with Crippen LogP contribution in [0.5, 0.6) is 11.5 Å². The Morgan fingerprint density at radius 1 is 1.04 bits per heavy atom. The van der Waals surface area contributed by atoms with Crippen LogP contribution in [0.15, 0.2) is 30.0 Å². The highest BCUT2D eigenvalue weighted by Gasteiger charge is 2.31. The smallest absolute Gasteiger partial charge is 0.269 e. The first-order valence-electron chi connectivity index (χ1n) is 8.40. The van der Waals surface area contributed by atoms with Crippen LogP contribution in [0.3, 0.4) is 0 Å². The molecule has 132 valence electrons. The van der Waals surface area contributed by atoms with Gasteiger partial charge in [0.1, 0.15) is 11.5 Å². The van der Waals surface area contributed by atoms with Crippen molar-refractivity contribution in [3.63, 3.8) is 0 Å². The number of nitrogens with one attached hydrogen (secondary N) is 1. The number of carbonyl (C=O) groups is 1. The van der Waals surface area contributed by atoms with Crippen molar-refractivity contribution in [1.82, 2.24) is 10.3 Å². The van der Waals surface area contributed by atoms with Crippen molar-refractivity contribution in [2.75, 3.05) is 20.6 Å². The lowest BCUT2D eigenvalue weighted by atomic mass is 9.90. The summed E-state index contributed by atoms with van der Waals surface area (Å²) in [5.74, 6) is 2.73. The highest BCUT2D eigenvalue weighted by Crippen LogP contribution is 2.43. The molecule has 1 N–H and O–H groups in total. The quantitative estimate of drug-likeness (QED) is 0.894. The highest BCUT2D eigenvalue weighted by molar-refractivity contribution is 5.95. The van der Waals surface area contributed by atoms with Crippen LogP contribution in [-0.4, -0.2) is 31.5 Å². The molecule has 7 nitrogen and oxygen atoms in total. The summed E-state index contributed by atoms with van der Waals surface area (Å²) in [6.45, 7) is 0.421. The first kappa shape index (κ1) is 15.1. The van der Waals surface area contributed by atoms with Crippen molar-refractivity contribution in [3.8, 4) is 22.6 Å². The molecular weight excluding hydrogens is 336 g/mol. The third kappa shape index (κ3) is 2.20. The highest BCUT2D eigenvalue weighted by atomic mass is 16.7. The van der Waals surface area contributed by atoms with E-state index >= 15 is 0 Å². The predicted molar refractivity (Wildman–Crippen MR) is 91.5 cm³/mol. The molecular formula is C19H16N2O5. The number of benzene rings is 1. The molecule has 1 aliphatic carbocycles. The van der Waals surface area contributed by atoms with Gasteiger partial charge in [-0.25, -0.2) is 4.98 Å². The van der Waals surface area contributed by atoms with Gasteiger partial charge in [0.25, 0.3) is 5.91 Å². The minimum absolute atomic E-state index is 0.210. The van der Waals surface area contributed by atoms with Crippen LogP contribution in [0.1, 0.15) is 28.2 Å². The minimum atomic E-state index is -0.224. The van der Waals surface area contributed by atoms with Crippen LogP contribution in [0.4, 0.5) is 0 Å². The zero-order chi connectivity index (χ0) is 17.7. The summed E-state index contributed by atoms with van der Waals surface area (Å²) in [5, 5.41) is 2.64. The van der Waals surface area contributed by atoms with Crippen LogP contribution < -0.4 is 14.8 Å². The molecule has 1 aromatic carbocycles. The zero-order valence-electron chi connectivity index (χ0n) is 14.1. The summed E-state index contributed by atoms with van der Waals surface area (Å²) in [6, 6.07) is 7.51. The fourth-order valence-corrected chi connectivity index (χ4v) is 3.50. The molecule has 0 bridgehead atoms. The zero-order valence-corrected chi connectivity index (χ0v) is 14.1. The Morgan fingerprint density at radius 2 is 1.88 bits per heavy atom. The van der Waals surface area contributed by atoms with Gasteiger partial charge in [-0.2, -0.15) is 0 Å². The lowest BCUT2D eigenvalue weighted by Crippen LogP contribution is -2.21. The number of fused-ring (bicyclic) bond motifs is 3. The maximum Gasteiger partial charge on any atom is 0.269 e. The van der Waals surface area contributed by atoms with Gasteiger partial charge in [-0.05, 0) is 35.7 Å². The number of ether oxygens (including phenoxy) is 4. The lowest BCUT2D eigenvalue weighted by Gasteiger charge is -2.20. The van der Waals surface area contributed by atoms with Gasteiger partial charge in [-0.15, -0.1) is 0 Å². The number of nitrogens with zero attached hydrogens (tertiary/aromatic N) is 1. The second kappa shape index (κ2) is 5.66. The number of allylic oxidation sites excluding steroid dienone is 1. The van der Waals surface area contributed by atoms with Crippen molar-refractivity contribution in [2.45, 2.75) is 12.8 Å². The monoisotopic (exact) mass is 352 g/mol. The van der Waals surface area contributed by atoms with Gasteiger partial charge in [0.15, 0.2) is 17.3 Å². The van der Waals surface area contributed by atoms with Gasteiger partial charge in [-0.1, -0.05) is 6.07 Å². The molecule has 0 saturated heterocycles. The second-order valence-corrected chi connectivity index (χ2v) is 6.18. The molecule has 5 rings (SSSR count). The fraction of sp³-hybridized carbons (Fsp3) is 0.263. The lowest BCUT2D eigenvalue weighted by molar-refractivity contribution is 0.0853. The first-order valence-corrected chi connectivity index (χ1v) is 8.40. The van der Waals surface area contributed by atoms with Gasteiger partial charge in [0.05, 0.1) is 5.69 Å². The number of hydrogen-bond donors (Lipinski definition) is 1. The van der Waals surface area contributed by atoms with Gasteiger partial charge in [0, 0.05) is 19.0 Å². The Balaban J connectivity index is 1.74. The molecule has 1 aromatic heterocycles. The van der Waals surface area contributed by atoms with Gasteiger partial charge in [-0.3, -0.25) is 4.79 Å². The molecule has 0 spiro atoms. The maximum absolute atomic E-state index is 12.2. The summed E-state index contributed by atoms with van der Waals surface area (Å²) >= 11 is 0. The van der Waals surface area contributed by atoms with E-state index in [0.29, 0.717) is 30.0 Å². The summed E-state index contributed by atoms with van der Waals surface area (Å²) in [6.07, 6.45) is 1.41. The average Bonchev–Trinajstić information content (AvgIpc) is 3.34. The molecule has 0 radical (unpaired) electrons. The number of hydrogen-bond acceptors (Lipinski definition) is 6. The molecule has 3 heterocycles.